The van der Waals surface area contributed by atoms with E-state index in [2.05, 4.69) is 24.1 Å². The van der Waals surface area contributed by atoms with Gasteiger partial charge in [0, 0.05) is 32.3 Å². The van der Waals surface area contributed by atoms with Crippen LogP contribution in [0.5, 0.6) is 0 Å². The first-order chi connectivity index (χ1) is 7.81. The van der Waals surface area contributed by atoms with E-state index >= 15 is 0 Å². The normalized spacial score (nSPS) is 34.1. The van der Waals surface area contributed by atoms with Gasteiger partial charge in [-0.1, -0.05) is 6.92 Å². The molecular weight excluding hydrogens is 200 g/mol. The van der Waals surface area contributed by atoms with Crippen molar-refractivity contribution in [2.45, 2.75) is 45.3 Å². The number of nitrogens with one attached hydrogen (secondary N) is 1. The van der Waals surface area contributed by atoms with Gasteiger partial charge in [-0.25, -0.2) is 0 Å². The summed E-state index contributed by atoms with van der Waals surface area (Å²) in [4.78, 5) is 2.67. The zero-order valence-electron chi connectivity index (χ0n) is 10.7. The average Bonchev–Trinajstić information content (AvgIpc) is 2.31. The molecule has 16 heavy (non-hydrogen) atoms. The Balaban J connectivity index is 1.79. The Labute approximate surface area is 99.5 Å². The van der Waals surface area contributed by atoms with Crippen LogP contribution in [0, 0.1) is 5.92 Å². The predicted molar refractivity (Wildman–Crippen MR) is 66.7 cm³/mol. The molecule has 0 aromatic carbocycles. The largest absolute Gasteiger partial charge is 0.378 e. The zero-order valence-corrected chi connectivity index (χ0v) is 10.7. The van der Waals surface area contributed by atoms with Crippen molar-refractivity contribution in [3.05, 3.63) is 0 Å². The van der Waals surface area contributed by atoms with Gasteiger partial charge in [0.2, 0.25) is 0 Å². The minimum Gasteiger partial charge on any atom is -0.378 e. The number of nitrogens with zero attached hydrogens (tertiary/aromatic N) is 1. The minimum atomic E-state index is 0.521. The summed E-state index contributed by atoms with van der Waals surface area (Å²) < 4.78 is 5.70. The van der Waals surface area contributed by atoms with Crippen molar-refractivity contribution in [2.75, 3.05) is 32.8 Å². The Morgan fingerprint density at radius 2 is 2.00 bits per heavy atom. The van der Waals surface area contributed by atoms with Crippen LogP contribution < -0.4 is 5.32 Å². The van der Waals surface area contributed by atoms with E-state index in [1.165, 1.54) is 45.4 Å². The summed E-state index contributed by atoms with van der Waals surface area (Å²) in [5.74, 6) is 0.852. The van der Waals surface area contributed by atoms with Gasteiger partial charge in [0.25, 0.3) is 0 Å². The zero-order chi connectivity index (χ0) is 11.4. The summed E-state index contributed by atoms with van der Waals surface area (Å²) in [6.45, 7) is 10.2. The molecule has 2 atom stereocenters. The number of hydrogen-bond acceptors (Lipinski definition) is 3. The summed E-state index contributed by atoms with van der Waals surface area (Å²) in [6, 6.07) is 0.760. The fourth-order valence-corrected chi connectivity index (χ4v) is 3.07. The molecule has 94 valence electrons. The van der Waals surface area contributed by atoms with Gasteiger partial charge in [0.1, 0.15) is 0 Å². The van der Waals surface area contributed by atoms with E-state index < -0.39 is 0 Å². The van der Waals surface area contributed by atoms with Gasteiger partial charge >= 0.3 is 0 Å². The van der Waals surface area contributed by atoms with Crippen LogP contribution in [0.3, 0.4) is 0 Å². The molecule has 2 fully saturated rings. The van der Waals surface area contributed by atoms with Crippen LogP contribution in [0.4, 0.5) is 0 Å². The average molecular weight is 226 g/mol. The molecule has 0 spiro atoms. The maximum Gasteiger partial charge on any atom is 0.0599 e. The molecule has 0 saturated carbocycles. The summed E-state index contributed by atoms with van der Waals surface area (Å²) in [7, 11) is 0. The number of likely N-dealkylation sites (tertiary alicyclic amines) is 1. The molecule has 2 heterocycles. The van der Waals surface area contributed by atoms with Crippen molar-refractivity contribution in [3.8, 4) is 0 Å². The molecule has 0 aliphatic carbocycles. The molecule has 0 aromatic heterocycles. The van der Waals surface area contributed by atoms with Crippen molar-refractivity contribution in [1.29, 1.82) is 0 Å². The highest BCUT2D eigenvalue weighted by molar-refractivity contribution is 4.86. The minimum absolute atomic E-state index is 0.521. The first kappa shape index (κ1) is 12.3. The molecule has 2 aliphatic rings. The van der Waals surface area contributed by atoms with Crippen LogP contribution in [0.1, 0.15) is 33.1 Å². The van der Waals surface area contributed by atoms with Gasteiger partial charge in [-0.05, 0) is 38.6 Å². The summed E-state index contributed by atoms with van der Waals surface area (Å²) in [6.07, 6.45) is 4.29. The van der Waals surface area contributed by atoms with Crippen molar-refractivity contribution in [2.24, 2.45) is 5.92 Å². The lowest BCUT2D eigenvalue weighted by Crippen LogP contribution is -2.53. The number of rotatable bonds is 3. The quantitative estimate of drug-likeness (QED) is 0.789. The fourth-order valence-electron chi connectivity index (χ4n) is 3.07. The van der Waals surface area contributed by atoms with Crippen molar-refractivity contribution < 1.29 is 4.74 Å². The third-order valence-electron chi connectivity index (χ3n) is 4.13. The van der Waals surface area contributed by atoms with Gasteiger partial charge in [-0.2, -0.15) is 0 Å². The lowest BCUT2D eigenvalue weighted by molar-refractivity contribution is -0.00579. The first-order valence-corrected chi connectivity index (χ1v) is 6.87. The van der Waals surface area contributed by atoms with Crippen LogP contribution in [0.15, 0.2) is 0 Å². The van der Waals surface area contributed by atoms with E-state index in [1.54, 1.807) is 0 Å². The van der Waals surface area contributed by atoms with Gasteiger partial charge in [0.15, 0.2) is 0 Å². The van der Waals surface area contributed by atoms with E-state index in [0.717, 1.165) is 18.6 Å². The second kappa shape index (κ2) is 5.99. The maximum atomic E-state index is 5.70. The van der Waals surface area contributed by atoms with E-state index in [0.29, 0.717) is 6.10 Å². The Hall–Kier alpha value is -0.120. The molecule has 0 amide bonds. The molecule has 0 aromatic rings. The summed E-state index contributed by atoms with van der Waals surface area (Å²) in [5, 5.41) is 3.53. The molecule has 2 unspecified atom stereocenters. The van der Waals surface area contributed by atoms with Crippen molar-refractivity contribution >= 4 is 0 Å². The summed E-state index contributed by atoms with van der Waals surface area (Å²) >= 11 is 0. The smallest absolute Gasteiger partial charge is 0.0599 e. The van der Waals surface area contributed by atoms with Crippen molar-refractivity contribution in [1.82, 2.24) is 10.2 Å². The van der Waals surface area contributed by atoms with Crippen LogP contribution in [0.2, 0.25) is 0 Å². The lowest BCUT2D eigenvalue weighted by Gasteiger charge is -2.42. The Bertz CT molecular complexity index is 202. The second-order valence-electron chi connectivity index (χ2n) is 5.23. The highest BCUT2D eigenvalue weighted by Gasteiger charge is 2.30. The van der Waals surface area contributed by atoms with Gasteiger partial charge in [0.05, 0.1) is 6.10 Å². The van der Waals surface area contributed by atoms with Crippen LogP contribution in [-0.4, -0.2) is 49.8 Å². The molecule has 0 radical (unpaired) electrons. The van der Waals surface area contributed by atoms with Gasteiger partial charge < -0.3 is 10.1 Å². The number of piperidine rings is 2. The molecule has 1 N–H and O–H groups in total. The Morgan fingerprint density at radius 3 is 2.62 bits per heavy atom. The number of hydrogen-bond donors (Lipinski definition) is 1. The van der Waals surface area contributed by atoms with Gasteiger partial charge in [-0.15, -0.1) is 0 Å². The van der Waals surface area contributed by atoms with Crippen LogP contribution >= 0.6 is 0 Å². The topological polar surface area (TPSA) is 24.5 Å². The summed E-state index contributed by atoms with van der Waals surface area (Å²) in [5.41, 5.74) is 0. The van der Waals surface area contributed by atoms with E-state index in [-0.39, 0.29) is 0 Å². The van der Waals surface area contributed by atoms with Gasteiger partial charge in [-0.3, -0.25) is 4.90 Å². The Kier molecular flexibility index (Phi) is 4.62. The third kappa shape index (κ3) is 2.96. The first-order valence-electron chi connectivity index (χ1n) is 6.87. The maximum absolute atomic E-state index is 5.70. The number of ether oxygens (including phenoxy) is 1. The Morgan fingerprint density at radius 1 is 1.25 bits per heavy atom. The third-order valence-corrected chi connectivity index (χ3v) is 4.13. The molecule has 3 nitrogen and oxygen atoms in total. The predicted octanol–water partition coefficient (Wildman–Crippen LogP) is 1.49. The molecule has 0 bridgehead atoms. The van der Waals surface area contributed by atoms with Crippen LogP contribution in [0.25, 0.3) is 0 Å². The lowest BCUT2D eigenvalue weighted by atomic mass is 9.91. The SMILES string of the molecule is CCOC1CCN(C2CNCCC2C)CC1. The van der Waals surface area contributed by atoms with E-state index in [1.807, 2.05) is 0 Å². The molecule has 2 saturated heterocycles. The highest BCUT2D eigenvalue weighted by Crippen LogP contribution is 2.22. The molecule has 2 aliphatic heterocycles. The standard InChI is InChI=1S/C13H26N2O/c1-3-16-12-5-8-15(9-6-12)13-10-14-7-4-11(13)2/h11-14H,3-10H2,1-2H3. The van der Waals surface area contributed by atoms with E-state index in [9.17, 15) is 0 Å². The van der Waals surface area contributed by atoms with Crippen molar-refractivity contribution in [3.63, 3.8) is 0 Å². The van der Waals surface area contributed by atoms with E-state index in [4.69, 9.17) is 4.74 Å². The molecule has 3 heteroatoms. The second-order valence-corrected chi connectivity index (χ2v) is 5.23. The fraction of sp³-hybridized carbons (Fsp3) is 1.00. The van der Waals surface area contributed by atoms with Crippen LogP contribution in [-0.2, 0) is 4.74 Å². The monoisotopic (exact) mass is 226 g/mol. The molecular formula is C13H26N2O. The highest BCUT2D eigenvalue weighted by atomic mass is 16.5. The molecule has 2 rings (SSSR count).